The summed E-state index contributed by atoms with van der Waals surface area (Å²) in [4.78, 5) is 11.5. The van der Waals surface area contributed by atoms with Gasteiger partial charge in [0.2, 0.25) is 15.9 Å². The van der Waals surface area contributed by atoms with Gasteiger partial charge in [0, 0.05) is 12.5 Å². The normalized spacial score (nSPS) is 14.9. The van der Waals surface area contributed by atoms with E-state index < -0.39 is 15.8 Å². The Morgan fingerprint density at radius 3 is 2.70 bits per heavy atom. The topological polar surface area (TPSA) is 66.5 Å². The minimum atomic E-state index is -3.52. The number of anilines is 1. The van der Waals surface area contributed by atoms with E-state index in [2.05, 4.69) is 5.32 Å². The molecular weight excluding hydrogens is 283 g/mol. The molecule has 20 heavy (non-hydrogen) atoms. The van der Waals surface area contributed by atoms with Crippen LogP contribution in [0.25, 0.3) is 0 Å². The first-order valence-corrected chi connectivity index (χ1v) is 8.24. The van der Waals surface area contributed by atoms with E-state index in [1.807, 2.05) is 0 Å². The van der Waals surface area contributed by atoms with Gasteiger partial charge in [0.1, 0.15) is 5.82 Å². The quantitative estimate of drug-likeness (QED) is 0.856. The van der Waals surface area contributed by atoms with Gasteiger partial charge in [-0.1, -0.05) is 6.07 Å². The van der Waals surface area contributed by atoms with Crippen LogP contribution in [0.2, 0.25) is 0 Å². The third kappa shape index (κ3) is 3.93. The highest BCUT2D eigenvalue weighted by atomic mass is 32.2. The summed E-state index contributed by atoms with van der Waals surface area (Å²) in [5.41, 5.74) is 0.258. The number of carbonyl (C=O) groups excluding carboxylic acids is 1. The third-order valence-electron chi connectivity index (χ3n) is 3.06. The average Bonchev–Trinajstić information content (AvgIpc) is 3.16. The molecule has 1 amide bonds. The lowest BCUT2D eigenvalue weighted by molar-refractivity contribution is -0.122. The van der Waals surface area contributed by atoms with Crippen LogP contribution in [0, 0.1) is 11.7 Å². The number of benzene rings is 1. The Kier molecular flexibility index (Phi) is 4.27. The van der Waals surface area contributed by atoms with Crippen LogP contribution in [0.3, 0.4) is 0 Å². The first-order chi connectivity index (χ1) is 9.38. The van der Waals surface area contributed by atoms with E-state index in [1.165, 1.54) is 18.2 Å². The molecule has 0 radical (unpaired) electrons. The molecule has 5 nitrogen and oxygen atoms in total. The number of rotatable bonds is 6. The van der Waals surface area contributed by atoms with Gasteiger partial charge in [0.15, 0.2) is 0 Å². The summed E-state index contributed by atoms with van der Waals surface area (Å²) in [7, 11) is -3.52. The van der Waals surface area contributed by atoms with Crippen LogP contribution in [-0.2, 0) is 14.8 Å². The standard InChI is InChI=1S/C13H17FN2O3S/c1-20(18,19)16(12-4-2-3-11(14)9-12)8-7-15-13(17)10-5-6-10/h2-4,9-10H,5-8H2,1H3,(H,15,17). The Hall–Kier alpha value is -1.63. The van der Waals surface area contributed by atoms with Crippen molar-refractivity contribution in [3.63, 3.8) is 0 Å². The molecule has 0 atom stereocenters. The molecule has 0 aliphatic heterocycles. The number of hydrogen-bond acceptors (Lipinski definition) is 3. The maximum Gasteiger partial charge on any atom is 0.232 e. The molecular formula is C13H17FN2O3S. The molecule has 0 heterocycles. The lowest BCUT2D eigenvalue weighted by atomic mass is 10.3. The van der Waals surface area contributed by atoms with Crippen molar-refractivity contribution in [2.24, 2.45) is 5.92 Å². The molecule has 1 aliphatic rings. The Labute approximate surface area is 117 Å². The molecule has 1 aliphatic carbocycles. The van der Waals surface area contributed by atoms with Gasteiger partial charge in [0.25, 0.3) is 0 Å². The third-order valence-corrected chi connectivity index (χ3v) is 4.25. The van der Waals surface area contributed by atoms with Crippen LogP contribution in [0.4, 0.5) is 10.1 Å². The second kappa shape index (κ2) is 5.78. The van der Waals surface area contributed by atoms with Crippen molar-refractivity contribution >= 4 is 21.6 Å². The highest BCUT2D eigenvalue weighted by molar-refractivity contribution is 7.92. The van der Waals surface area contributed by atoms with E-state index in [0.29, 0.717) is 0 Å². The fraction of sp³-hybridized carbons (Fsp3) is 0.462. The fourth-order valence-corrected chi connectivity index (χ4v) is 2.81. The van der Waals surface area contributed by atoms with Crippen LogP contribution >= 0.6 is 0 Å². The van der Waals surface area contributed by atoms with Gasteiger partial charge in [-0.2, -0.15) is 0 Å². The Balaban J connectivity index is 2.02. The molecule has 1 saturated carbocycles. The Morgan fingerprint density at radius 1 is 1.45 bits per heavy atom. The molecule has 1 fully saturated rings. The minimum Gasteiger partial charge on any atom is -0.354 e. The van der Waals surface area contributed by atoms with Crippen LogP contribution in [0.15, 0.2) is 24.3 Å². The second-order valence-corrected chi connectivity index (χ2v) is 6.79. The molecule has 0 bridgehead atoms. The van der Waals surface area contributed by atoms with E-state index in [4.69, 9.17) is 0 Å². The predicted molar refractivity (Wildman–Crippen MR) is 74.3 cm³/mol. The van der Waals surface area contributed by atoms with Crippen LogP contribution in [-0.4, -0.2) is 33.7 Å². The van der Waals surface area contributed by atoms with Gasteiger partial charge >= 0.3 is 0 Å². The first-order valence-electron chi connectivity index (χ1n) is 6.39. The Bertz CT molecular complexity index is 599. The molecule has 0 aromatic heterocycles. The zero-order chi connectivity index (χ0) is 14.8. The molecule has 0 unspecified atom stereocenters. The lowest BCUT2D eigenvalue weighted by Crippen LogP contribution is -2.38. The number of amides is 1. The largest absolute Gasteiger partial charge is 0.354 e. The fourth-order valence-electron chi connectivity index (χ4n) is 1.89. The van der Waals surface area contributed by atoms with Crippen LogP contribution in [0.1, 0.15) is 12.8 Å². The van der Waals surface area contributed by atoms with Crippen molar-refractivity contribution in [3.05, 3.63) is 30.1 Å². The number of sulfonamides is 1. The smallest absolute Gasteiger partial charge is 0.232 e. The summed E-state index contributed by atoms with van der Waals surface area (Å²) < 4.78 is 37.8. The van der Waals surface area contributed by atoms with Gasteiger partial charge in [-0.3, -0.25) is 9.10 Å². The van der Waals surface area contributed by atoms with Gasteiger partial charge in [-0.05, 0) is 31.0 Å². The van der Waals surface area contributed by atoms with Crippen molar-refractivity contribution in [2.45, 2.75) is 12.8 Å². The molecule has 0 spiro atoms. The highest BCUT2D eigenvalue weighted by Crippen LogP contribution is 2.28. The van der Waals surface area contributed by atoms with Crippen LogP contribution in [0.5, 0.6) is 0 Å². The molecule has 1 aromatic rings. The van der Waals surface area contributed by atoms with E-state index in [9.17, 15) is 17.6 Å². The van der Waals surface area contributed by atoms with Crippen molar-refractivity contribution in [2.75, 3.05) is 23.7 Å². The first kappa shape index (κ1) is 14.8. The van der Waals surface area contributed by atoms with Gasteiger partial charge in [-0.25, -0.2) is 12.8 Å². The molecule has 2 rings (SSSR count). The molecule has 1 N–H and O–H groups in total. The van der Waals surface area contributed by atoms with E-state index in [-0.39, 0.29) is 30.6 Å². The summed E-state index contributed by atoms with van der Waals surface area (Å²) in [6, 6.07) is 5.38. The van der Waals surface area contributed by atoms with Crippen molar-refractivity contribution < 1.29 is 17.6 Å². The number of halogens is 1. The van der Waals surface area contributed by atoms with Crippen molar-refractivity contribution in [1.82, 2.24) is 5.32 Å². The molecule has 7 heteroatoms. The van der Waals surface area contributed by atoms with Gasteiger partial charge in [0.05, 0.1) is 18.5 Å². The number of nitrogens with one attached hydrogen (secondary N) is 1. The molecule has 1 aromatic carbocycles. The van der Waals surface area contributed by atoms with E-state index in [0.717, 1.165) is 29.5 Å². The van der Waals surface area contributed by atoms with E-state index >= 15 is 0 Å². The highest BCUT2D eigenvalue weighted by Gasteiger charge is 2.29. The summed E-state index contributed by atoms with van der Waals surface area (Å²) >= 11 is 0. The summed E-state index contributed by atoms with van der Waals surface area (Å²) in [5.74, 6) is -0.466. The maximum atomic E-state index is 13.2. The zero-order valence-electron chi connectivity index (χ0n) is 11.2. The second-order valence-electron chi connectivity index (χ2n) is 4.88. The van der Waals surface area contributed by atoms with Crippen molar-refractivity contribution in [1.29, 1.82) is 0 Å². The predicted octanol–water partition coefficient (Wildman–Crippen LogP) is 1.12. The van der Waals surface area contributed by atoms with Gasteiger partial charge < -0.3 is 5.32 Å². The minimum absolute atomic E-state index is 0.0438. The van der Waals surface area contributed by atoms with E-state index in [1.54, 1.807) is 0 Å². The number of carbonyl (C=O) groups is 1. The monoisotopic (exact) mass is 300 g/mol. The molecule has 0 saturated heterocycles. The van der Waals surface area contributed by atoms with Gasteiger partial charge in [-0.15, -0.1) is 0 Å². The summed E-state index contributed by atoms with van der Waals surface area (Å²) in [6.45, 7) is 0.291. The SMILES string of the molecule is CS(=O)(=O)N(CCNC(=O)C1CC1)c1cccc(F)c1. The average molecular weight is 300 g/mol. The summed E-state index contributed by atoms with van der Waals surface area (Å²) in [6.07, 6.45) is 2.84. The van der Waals surface area contributed by atoms with Crippen LogP contribution < -0.4 is 9.62 Å². The molecule has 110 valence electrons. The lowest BCUT2D eigenvalue weighted by Gasteiger charge is -2.22. The zero-order valence-corrected chi connectivity index (χ0v) is 12.0. The number of nitrogens with zero attached hydrogens (tertiary/aromatic N) is 1. The number of hydrogen-bond donors (Lipinski definition) is 1. The maximum absolute atomic E-state index is 13.2. The summed E-state index contributed by atoms with van der Waals surface area (Å²) in [5, 5.41) is 2.69. The Morgan fingerprint density at radius 2 is 2.15 bits per heavy atom. The van der Waals surface area contributed by atoms with Crippen molar-refractivity contribution in [3.8, 4) is 0 Å².